The molecule has 1 N–H and O–H groups in total. The minimum Gasteiger partial charge on any atom is -0.310 e. The molecule has 2 aromatic heterocycles. The maximum atomic E-state index is 4.20. The van der Waals surface area contributed by atoms with Gasteiger partial charge in [0.15, 0.2) is 0 Å². The van der Waals surface area contributed by atoms with Crippen LogP contribution in [0.4, 0.5) is 0 Å². The molecule has 0 amide bonds. The normalized spacial score (nSPS) is 12.8. The quantitative estimate of drug-likeness (QED) is 0.853. The van der Waals surface area contributed by atoms with Gasteiger partial charge in [0.1, 0.15) is 0 Å². The Kier molecular flexibility index (Phi) is 4.34. The molecular formula is C13H19N3S. The van der Waals surface area contributed by atoms with E-state index in [1.807, 2.05) is 29.3 Å². The van der Waals surface area contributed by atoms with Gasteiger partial charge in [-0.1, -0.05) is 13.0 Å². The van der Waals surface area contributed by atoms with Gasteiger partial charge in [-0.3, -0.25) is 4.68 Å². The van der Waals surface area contributed by atoms with Crippen LogP contribution in [-0.4, -0.2) is 16.3 Å². The highest BCUT2D eigenvalue weighted by Crippen LogP contribution is 2.23. The number of hydrogen-bond donors (Lipinski definition) is 1. The van der Waals surface area contributed by atoms with E-state index in [1.165, 1.54) is 10.4 Å². The second-order valence-electron chi connectivity index (χ2n) is 4.19. The standard InChI is InChI=1S/C13H19N3S/c1-3-14-12(13-5-4-8-17-13)7-6-11-9-15-16(2)10-11/h4-5,8-10,12,14H,3,6-7H2,1-2H3. The predicted molar refractivity (Wildman–Crippen MR) is 72.3 cm³/mol. The summed E-state index contributed by atoms with van der Waals surface area (Å²) in [7, 11) is 1.96. The zero-order valence-corrected chi connectivity index (χ0v) is 11.2. The molecule has 2 heterocycles. The largest absolute Gasteiger partial charge is 0.310 e. The topological polar surface area (TPSA) is 29.9 Å². The smallest absolute Gasteiger partial charge is 0.0521 e. The maximum Gasteiger partial charge on any atom is 0.0521 e. The molecule has 0 saturated carbocycles. The van der Waals surface area contributed by atoms with E-state index in [2.05, 4.69) is 41.0 Å². The highest BCUT2D eigenvalue weighted by Gasteiger charge is 2.11. The molecule has 0 bridgehead atoms. The van der Waals surface area contributed by atoms with Gasteiger partial charge in [-0.15, -0.1) is 11.3 Å². The molecule has 1 atom stereocenters. The lowest BCUT2D eigenvalue weighted by atomic mass is 10.1. The van der Waals surface area contributed by atoms with Gasteiger partial charge < -0.3 is 5.32 Å². The molecule has 92 valence electrons. The predicted octanol–water partition coefficient (Wildman–Crippen LogP) is 2.77. The van der Waals surface area contributed by atoms with Crippen molar-refractivity contribution in [1.29, 1.82) is 0 Å². The fraction of sp³-hybridized carbons (Fsp3) is 0.462. The summed E-state index contributed by atoms with van der Waals surface area (Å²) in [6, 6.07) is 4.80. The van der Waals surface area contributed by atoms with Crippen LogP contribution in [0.25, 0.3) is 0 Å². The number of hydrogen-bond acceptors (Lipinski definition) is 3. The molecule has 3 nitrogen and oxygen atoms in total. The van der Waals surface area contributed by atoms with E-state index >= 15 is 0 Å². The Morgan fingerprint density at radius 1 is 1.53 bits per heavy atom. The number of rotatable bonds is 6. The monoisotopic (exact) mass is 249 g/mol. The highest BCUT2D eigenvalue weighted by molar-refractivity contribution is 7.10. The van der Waals surface area contributed by atoms with Gasteiger partial charge in [-0.05, 0) is 36.4 Å². The van der Waals surface area contributed by atoms with Gasteiger partial charge >= 0.3 is 0 Å². The van der Waals surface area contributed by atoms with Crippen molar-refractivity contribution in [2.24, 2.45) is 7.05 Å². The minimum absolute atomic E-state index is 0.472. The van der Waals surface area contributed by atoms with Gasteiger partial charge in [-0.2, -0.15) is 5.10 Å². The number of thiophene rings is 1. The summed E-state index contributed by atoms with van der Waals surface area (Å²) >= 11 is 1.83. The van der Waals surface area contributed by atoms with Crippen LogP contribution in [-0.2, 0) is 13.5 Å². The molecule has 0 aliphatic carbocycles. The third kappa shape index (κ3) is 3.41. The molecule has 0 aliphatic heterocycles. The summed E-state index contributed by atoms with van der Waals surface area (Å²) in [5.74, 6) is 0. The Balaban J connectivity index is 1.94. The second kappa shape index (κ2) is 5.98. The summed E-state index contributed by atoms with van der Waals surface area (Å²) < 4.78 is 1.86. The van der Waals surface area contributed by atoms with Gasteiger partial charge in [0, 0.05) is 24.2 Å². The SMILES string of the molecule is CCNC(CCc1cnn(C)c1)c1cccs1. The summed E-state index contributed by atoms with van der Waals surface area (Å²) in [5, 5.41) is 9.89. The fourth-order valence-corrected chi connectivity index (χ4v) is 2.83. The van der Waals surface area contributed by atoms with E-state index in [4.69, 9.17) is 0 Å². The van der Waals surface area contributed by atoms with Crippen LogP contribution in [0.3, 0.4) is 0 Å². The van der Waals surface area contributed by atoms with E-state index in [0.29, 0.717) is 6.04 Å². The Morgan fingerprint density at radius 3 is 3.00 bits per heavy atom. The van der Waals surface area contributed by atoms with E-state index in [-0.39, 0.29) is 0 Å². The molecule has 0 saturated heterocycles. The van der Waals surface area contributed by atoms with Gasteiger partial charge in [0.25, 0.3) is 0 Å². The second-order valence-corrected chi connectivity index (χ2v) is 5.17. The molecule has 1 unspecified atom stereocenters. The molecular weight excluding hydrogens is 230 g/mol. The van der Waals surface area contributed by atoms with Crippen LogP contribution in [0, 0.1) is 0 Å². The highest BCUT2D eigenvalue weighted by atomic mass is 32.1. The van der Waals surface area contributed by atoms with Crippen LogP contribution in [0.1, 0.15) is 29.8 Å². The fourth-order valence-electron chi connectivity index (χ4n) is 1.99. The first-order chi connectivity index (χ1) is 8.29. The van der Waals surface area contributed by atoms with Crippen molar-refractivity contribution in [3.63, 3.8) is 0 Å². The van der Waals surface area contributed by atoms with Crippen LogP contribution in [0.15, 0.2) is 29.9 Å². The van der Waals surface area contributed by atoms with Gasteiger partial charge in [-0.25, -0.2) is 0 Å². The zero-order chi connectivity index (χ0) is 12.1. The number of nitrogens with one attached hydrogen (secondary N) is 1. The van der Waals surface area contributed by atoms with Crippen LogP contribution < -0.4 is 5.32 Å². The van der Waals surface area contributed by atoms with E-state index < -0.39 is 0 Å². The molecule has 4 heteroatoms. The lowest BCUT2D eigenvalue weighted by molar-refractivity contribution is 0.523. The van der Waals surface area contributed by atoms with E-state index in [1.54, 1.807) is 0 Å². The molecule has 0 radical (unpaired) electrons. The third-order valence-corrected chi connectivity index (χ3v) is 3.80. The summed E-state index contributed by atoms with van der Waals surface area (Å²) in [4.78, 5) is 1.43. The van der Waals surface area contributed by atoms with Crippen molar-refractivity contribution < 1.29 is 0 Å². The van der Waals surface area contributed by atoms with Crippen LogP contribution in [0.5, 0.6) is 0 Å². The molecule has 17 heavy (non-hydrogen) atoms. The Morgan fingerprint density at radius 2 is 2.41 bits per heavy atom. The van der Waals surface area contributed by atoms with Crippen molar-refractivity contribution >= 4 is 11.3 Å². The average molecular weight is 249 g/mol. The van der Waals surface area contributed by atoms with Crippen molar-refractivity contribution in [3.05, 3.63) is 40.3 Å². The molecule has 2 rings (SSSR count). The summed E-state index contributed by atoms with van der Waals surface area (Å²) in [5.41, 5.74) is 1.31. The van der Waals surface area contributed by atoms with Crippen LogP contribution in [0.2, 0.25) is 0 Å². The first kappa shape index (κ1) is 12.3. The Labute approximate surface area is 106 Å². The average Bonchev–Trinajstić information content (AvgIpc) is 2.95. The molecule has 0 fully saturated rings. The first-order valence-corrected chi connectivity index (χ1v) is 6.92. The Bertz CT molecular complexity index is 433. The van der Waals surface area contributed by atoms with Gasteiger partial charge in [0.2, 0.25) is 0 Å². The lowest BCUT2D eigenvalue weighted by Gasteiger charge is -2.15. The van der Waals surface area contributed by atoms with E-state index in [9.17, 15) is 0 Å². The van der Waals surface area contributed by atoms with Crippen molar-refractivity contribution in [1.82, 2.24) is 15.1 Å². The molecule has 0 spiro atoms. The molecule has 2 aromatic rings. The summed E-state index contributed by atoms with van der Waals surface area (Å²) in [6.07, 6.45) is 6.25. The first-order valence-electron chi connectivity index (χ1n) is 6.04. The lowest BCUT2D eigenvalue weighted by Crippen LogP contribution is -2.20. The minimum atomic E-state index is 0.472. The van der Waals surface area contributed by atoms with Crippen molar-refractivity contribution in [2.75, 3.05) is 6.54 Å². The third-order valence-electron chi connectivity index (χ3n) is 2.82. The number of aryl methyl sites for hydroxylation is 2. The molecule has 0 aromatic carbocycles. The van der Waals surface area contributed by atoms with Crippen LogP contribution >= 0.6 is 11.3 Å². The Hall–Kier alpha value is -1.13. The molecule has 0 aliphatic rings. The van der Waals surface area contributed by atoms with Gasteiger partial charge in [0.05, 0.1) is 6.20 Å². The summed E-state index contributed by atoms with van der Waals surface area (Å²) in [6.45, 7) is 3.17. The zero-order valence-electron chi connectivity index (χ0n) is 10.4. The number of nitrogens with zero attached hydrogens (tertiary/aromatic N) is 2. The van der Waals surface area contributed by atoms with E-state index in [0.717, 1.165) is 19.4 Å². The van der Waals surface area contributed by atoms with Crippen molar-refractivity contribution in [3.8, 4) is 0 Å². The number of aromatic nitrogens is 2. The van der Waals surface area contributed by atoms with Crippen molar-refractivity contribution in [2.45, 2.75) is 25.8 Å². The maximum absolute atomic E-state index is 4.20.